The van der Waals surface area contributed by atoms with E-state index >= 15 is 0 Å². The second kappa shape index (κ2) is 9.14. The molecule has 7 nitrogen and oxygen atoms in total. The zero-order valence-electron chi connectivity index (χ0n) is 17.2. The van der Waals surface area contributed by atoms with Crippen molar-refractivity contribution in [3.05, 3.63) is 45.9 Å². The molecule has 2 aromatic carbocycles. The van der Waals surface area contributed by atoms with Gasteiger partial charge < -0.3 is 23.8 Å². The summed E-state index contributed by atoms with van der Waals surface area (Å²) in [5.41, 5.74) is 1.74. The highest BCUT2D eigenvalue weighted by Crippen LogP contribution is 2.36. The van der Waals surface area contributed by atoms with Gasteiger partial charge in [0, 0.05) is 38.3 Å². The van der Waals surface area contributed by atoms with Crippen LogP contribution in [0.1, 0.15) is 15.9 Å². The minimum atomic E-state index is -0.0157. The SMILES string of the molecule is COc1cc(C(=O)N2CCN(Cc3ccc4c(c3)OCCO4)CC2)cc(OC)c1Br. The quantitative estimate of drug-likeness (QED) is 0.660. The van der Waals surface area contributed by atoms with E-state index in [-0.39, 0.29) is 5.91 Å². The topological polar surface area (TPSA) is 60.5 Å². The number of fused-ring (bicyclic) bond motifs is 1. The van der Waals surface area contributed by atoms with Crippen molar-refractivity contribution in [2.75, 3.05) is 53.6 Å². The first-order chi connectivity index (χ1) is 14.6. The van der Waals surface area contributed by atoms with Crippen LogP contribution in [0.5, 0.6) is 23.0 Å². The molecule has 8 heteroatoms. The fourth-order valence-electron chi connectivity index (χ4n) is 3.73. The van der Waals surface area contributed by atoms with Crippen LogP contribution in [-0.2, 0) is 6.54 Å². The van der Waals surface area contributed by atoms with E-state index in [1.54, 1.807) is 26.4 Å². The van der Waals surface area contributed by atoms with Crippen LogP contribution < -0.4 is 18.9 Å². The van der Waals surface area contributed by atoms with E-state index in [1.807, 2.05) is 17.0 Å². The van der Waals surface area contributed by atoms with Gasteiger partial charge in [-0.3, -0.25) is 9.69 Å². The highest BCUT2D eigenvalue weighted by molar-refractivity contribution is 9.10. The van der Waals surface area contributed by atoms with E-state index in [2.05, 4.69) is 26.9 Å². The molecule has 0 aliphatic carbocycles. The van der Waals surface area contributed by atoms with E-state index in [1.165, 1.54) is 5.56 Å². The van der Waals surface area contributed by atoms with E-state index in [0.29, 0.717) is 47.8 Å². The average Bonchev–Trinajstić information content (AvgIpc) is 2.79. The van der Waals surface area contributed by atoms with E-state index in [9.17, 15) is 4.79 Å². The molecule has 1 saturated heterocycles. The van der Waals surface area contributed by atoms with Crippen LogP contribution in [0.4, 0.5) is 0 Å². The Balaban J connectivity index is 1.38. The fraction of sp³-hybridized carbons (Fsp3) is 0.409. The van der Waals surface area contributed by atoms with Gasteiger partial charge in [-0.2, -0.15) is 0 Å². The summed E-state index contributed by atoms with van der Waals surface area (Å²) in [5.74, 6) is 2.76. The smallest absolute Gasteiger partial charge is 0.254 e. The first-order valence-corrected chi connectivity index (χ1v) is 10.7. The van der Waals surface area contributed by atoms with Crippen molar-refractivity contribution in [1.82, 2.24) is 9.80 Å². The molecule has 2 aliphatic rings. The molecule has 2 aromatic rings. The Labute approximate surface area is 184 Å². The first-order valence-electron chi connectivity index (χ1n) is 9.90. The zero-order valence-corrected chi connectivity index (χ0v) is 18.7. The largest absolute Gasteiger partial charge is 0.495 e. The Hall–Kier alpha value is -2.45. The van der Waals surface area contributed by atoms with Crippen LogP contribution in [0.15, 0.2) is 34.8 Å². The lowest BCUT2D eigenvalue weighted by Gasteiger charge is -2.35. The van der Waals surface area contributed by atoms with Crippen LogP contribution >= 0.6 is 15.9 Å². The first kappa shape index (κ1) is 20.8. The molecule has 2 heterocycles. The molecular weight excluding hydrogens is 452 g/mol. The maximum absolute atomic E-state index is 13.0. The molecule has 160 valence electrons. The summed E-state index contributed by atoms with van der Waals surface area (Å²) in [6.45, 7) is 4.96. The monoisotopic (exact) mass is 476 g/mol. The number of hydrogen-bond donors (Lipinski definition) is 0. The minimum Gasteiger partial charge on any atom is -0.495 e. The molecule has 0 bridgehead atoms. The standard InChI is InChI=1S/C22H25BrN2O5/c1-27-19-12-16(13-20(28-2)21(19)23)22(26)25-7-5-24(6-8-25)14-15-3-4-17-18(11-15)30-10-9-29-17/h3-4,11-13H,5-10,14H2,1-2H3. The molecule has 30 heavy (non-hydrogen) atoms. The molecule has 0 unspecified atom stereocenters. The Bertz CT molecular complexity index is 903. The van der Waals surface area contributed by atoms with Crippen LogP contribution in [0, 0.1) is 0 Å². The number of benzene rings is 2. The maximum atomic E-state index is 13.0. The maximum Gasteiger partial charge on any atom is 0.254 e. The van der Waals surface area contributed by atoms with Crippen molar-refractivity contribution in [2.24, 2.45) is 0 Å². The van der Waals surface area contributed by atoms with E-state index in [0.717, 1.165) is 31.1 Å². The predicted molar refractivity (Wildman–Crippen MR) is 116 cm³/mol. The molecule has 0 atom stereocenters. The number of carbonyl (C=O) groups is 1. The van der Waals surface area contributed by atoms with E-state index < -0.39 is 0 Å². The molecule has 1 amide bonds. The fourth-order valence-corrected chi connectivity index (χ4v) is 4.28. The van der Waals surface area contributed by atoms with Gasteiger partial charge in [0.25, 0.3) is 5.91 Å². The Kier molecular flexibility index (Phi) is 6.34. The molecule has 2 aliphatic heterocycles. The Morgan fingerprint density at radius 2 is 1.60 bits per heavy atom. The summed E-state index contributed by atoms with van der Waals surface area (Å²) in [4.78, 5) is 17.2. The normalized spacial score (nSPS) is 16.3. The number of hydrogen-bond acceptors (Lipinski definition) is 6. The van der Waals surface area contributed by atoms with Gasteiger partial charge in [0.1, 0.15) is 29.2 Å². The summed E-state index contributed by atoms with van der Waals surface area (Å²) in [6, 6.07) is 9.59. The molecular formula is C22H25BrN2O5. The third kappa shape index (κ3) is 4.34. The van der Waals surface area contributed by atoms with Crippen molar-refractivity contribution in [2.45, 2.75) is 6.54 Å². The molecule has 0 N–H and O–H groups in total. The number of piperazine rings is 1. The van der Waals surface area contributed by atoms with Crippen molar-refractivity contribution in [3.63, 3.8) is 0 Å². The third-order valence-corrected chi connectivity index (χ3v) is 6.15. The Morgan fingerprint density at radius 3 is 2.23 bits per heavy atom. The lowest BCUT2D eigenvalue weighted by molar-refractivity contribution is 0.0627. The van der Waals surface area contributed by atoms with Crippen LogP contribution in [0.3, 0.4) is 0 Å². The highest BCUT2D eigenvalue weighted by atomic mass is 79.9. The van der Waals surface area contributed by atoms with Crippen LogP contribution in [0.2, 0.25) is 0 Å². The summed E-state index contributed by atoms with van der Waals surface area (Å²) >= 11 is 3.44. The van der Waals surface area contributed by atoms with E-state index in [4.69, 9.17) is 18.9 Å². The summed E-state index contributed by atoms with van der Waals surface area (Å²) in [5, 5.41) is 0. The molecule has 0 saturated carbocycles. The van der Waals surface area contributed by atoms with Crippen LogP contribution in [0.25, 0.3) is 0 Å². The van der Waals surface area contributed by atoms with Gasteiger partial charge in [0.05, 0.1) is 14.2 Å². The second-order valence-corrected chi connectivity index (χ2v) is 8.03. The van der Waals surface area contributed by atoms with Crippen molar-refractivity contribution < 1.29 is 23.7 Å². The van der Waals surface area contributed by atoms with Crippen LogP contribution in [-0.4, -0.2) is 69.3 Å². The molecule has 4 rings (SSSR count). The number of ether oxygens (including phenoxy) is 4. The number of methoxy groups -OCH3 is 2. The summed E-state index contributed by atoms with van der Waals surface area (Å²) < 4.78 is 22.7. The highest BCUT2D eigenvalue weighted by Gasteiger charge is 2.24. The van der Waals surface area contributed by atoms with Gasteiger partial charge >= 0.3 is 0 Å². The number of rotatable bonds is 5. The van der Waals surface area contributed by atoms with Gasteiger partial charge in [-0.25, -0.2) is 0 Å². The molecule has 0 radical (unpaired) electrons. The van der Waals surface area contributed by atoms with Crippen molar-refractivity contribution in [3.8, 4) is 23.0 Å². The molecule has 0 aromatic heterocycles. The van der Waals surface area contributed by atoms with Crippen molar-refractivity contribution in [1.29, 1.82) is 0 Å². The van der Waals surface area contributed by atoms with Gasteiger partial charge in [0.15, 0.2) is 11.5 Å². The van der Waals surface area contributed by atoms with Crippen molar-refractivity contribution >= 4 is 21.8 Å². The summed E-state index contributed by atoms with van der Waals surface area (Å²) in [7, 11) is 3.15. The lowest BCUT2D eigenvalue weighted by atomic mass is 10.1. The number of amides is 1. The second-order valence-electron chi connectivity index (χ2n) is 7.24. The third-order valence-electron chi connectivity index (χ3n) is 5.36. The number of halogens is 1. The lowest BCUT2D eigenvalue weighted by Crippen LogP contribution is -2.48. The Morgan fingerprint density at radius 1 is 0.967 bits per heavy atom. The number of carbonyl (C=O) groups excluding carboxylic acids is 1. The zero-order chi connectivity index (χ0) is 21.1. The predicted octanol–water partition coefficient (Wildman–Crippen LogP) is 3.20. The minimum absolute atomic E-state index is 0.0157. The van der Waals surface area contributed by atoms with Gasteiger partial charge in [-0.1, -0.05) is 6.07 Å². The average molecular weight is 477 g/mol. The molecule has 1 fully saturated rings. The molecule has 0 spiro atoms. The van der Waals surface area contributed by atoms with Gasteiger partial charge in [0.2, 0.25) is 0 Å². The number of nitrogens with zero attached hydrogens (tertiary/aromatic N) is 2. The summed E-state index contributed by atoms with van der Waals surface area (Å²) in [6.07, 6.45) is 0. The van der Waals surface area contributed by atoms with Gasteiger partial charge in [-0.15, -0.1) is 0 Å². The van der Waals surface area contributed by atoms with Gasteiger partial charge in [-0.05, 0) is 45.8 Å².